The molecule has 0 bridgehead atoms. The van der Waals surface area contributed by atoms with Crippen LogP contribution < -0.4 is 10.2 Å². The van der Waals surface area contributed by atoms with Gasteiger partial charge >= 0.3 is 6.18 Å². The number of ketones is 1. The van der Waals surface area contributed by atoms with Gasteiger partial charge in [-0.05, 0) is 48.4 Å². The number of fused-ring (bicyclic) bond motifs is 1. The van der Waals surface area contributed by atoms with Crippen molar-refractivity contribution in [2.24, 2.45) is 0 Å². The molecule has 0 saturated heterocycles. The number of amides is 1. The summed E-state index contributed by atoms with van der Waals surface area (Å²) in [6.07, 6.45) is -3.23. The number of carbonyl (C=O) groups excluding carboxylic acids is 2. The van der Waals surface area contributed by atoms with E-state index in [4.69, 9.17) is 11.6 Å². The normalized spacial score (nSPS) is 13.6. The van der Waals surface area contributed by atoms with Gasteiger partial charge in [-0.3, -0.25) is 14.6 Å². The summed E-state index contributed by atoms with van der Waals surface area (Å²) in [5, 5.41) is 2.25. The van der Waals surface area contributed by atoms with E-state index >= 15 is 0 Å². The fourth-order valence-corrected chi connectivity index (χ4v) is 4.16. The molecule has 3 aromatic rings. The molecule has 0 unspecified atom stereocenters. The molecule has 4 rings (SSSR count). The Morgan fingerprint density at radius 3 is 2.67 bits per heavy atom. The SMILES string of the molecule is Cc1ncccc1N1CC(=O)c2c(cccc2NC(=O)Cc2ccc(Cl)c(C(F)(F)F)c2)C1. The van der Waals surface area contributed by atoms with Crippen molar-refractivity contribution in [2.75, 3.05) is 16.8 Å². The van der Waals surface area contributed by atoms with Gasteiger partial charge in [-0.2, -0.15) is 13.2 Å². The zero-order valence-electron chi connectivity index (χ0n) is 17.5. The topological polar surface area (TPSA) is 62.3 Å². The molecule has 0 spiro atoms. The summed E-state index contributed by atoms with van der Waals surface area (Å²) in [7, 11) is 0. The van der Waals surface area contributed by atoms with E-state index < -0.39 is 22.7 Å². The van der Waals surface area contributed by atoms with Crippen LogP contribution in [0.5, 0.6) is 0 Å². The molecule has 1 aliphatic rings. The molecule has 5 nitrogen and oxygen atoms in total. The number of aryl methyl sites for hydroxylation is 1. The van der Waals surface area contributed by atoms with E-state index in [-0.39, 0.29) is 24.3 Å². The summed E-state index contributed by atoms with van der Waals surface area (Å²) in [4.78, 5) is 31.8. The van der Waals surface area contributed by atoms with Crippen LogP contribution in [0.1, 0.15) is 32.7 Å². The zero-order valence-corrected chi connectivity index (χ0v) is 18.3. The van der Waals surface area contributed by atoms with Gasteiger partial charge in [0, 0.05) is 18.3 Å². The third kappa shape index (κ3) is 4.85. The van der Waals surface area contributed by atoms with Crippen molar-refractivity contribution < 1.29 is 22.8 Å². The zero-order chi connectivity index (χ0) is 23.8. The lowest BCUT2D eigenvalue weighted by molar-refractivity contribution is -0.137. The fraction of sp³-hybridized carbons (Fsp3) is 0.208. The van der Waals surface area contributed by atoms with Gasteiger partial charge in [0.25, 0.3) is 0 Å². The molecule has 0 aliphatic carbocycles. The number of alkyl halides is 3. The summed E-state index contributed by atoms with van der Waals surface area (Å²) in [5.74, 6) is -0.696. The van der Waals surface area contributed by atoms with Gasteiger partial charge < -0.3 is 10.2 Å². The molecule has 1 N–H and O–H groups in total. The summed E-state index contributed by atoms with van der Waals surface area (Å²) in [6, 6.07) is 12.2. The molecule has 2 heterocycles. The molecule has 0 saturated carbocycles. The van der Waals surface area contributed by atoms with Crippen molar-refractivity contribution in [1.82, 2.24) is 4.98 Å². The van der Waals surface area contributed by atoms with Crippen molar-refractivity contribution in [3.63, 3.8) is 0 Å². The van der Waals surface area contributed by atoms with E-state index in [1.54, 1.807) is 24.4 Å². The molecule has 2 aromatic carbocycles. The van der Waals surface area contributed by atoms with E-state index in [1.807, 2.05) is 24.0 Å². The molecule has 9 heteroatoms. The number of pyridine rings is 1. The van der Waals surface area contributed by atoms with Crippen LogP contribution in [0.2, 0.25) is 5.02 Å². The van der Waals surface area contributed by atoms with Crippen LogP contribution in [-0.2, 0) is 23.9 Å². The second-order valence-electron chi connectivity index (χ2n) is 7.76. The first-order valence-corrected chi connectivity index (χ1v) is 10.5. The number of hydrogen-bond acceptors (Lipinski definition) is 4. The Morgan fingerprint density at radius 1 is 1.15 bits per heavy atom. The number of carbonyl (C=O) groups is 2. The number of rotatable bonds is 4. The minimum Gasteiger partial charge on any atom is -0.358 e. The Hall–Kier alpha value is -3.39. The Bertz CT molecular complexity index is 1240. The smallest absolute Gasteiger partial charge is 0.358 e. The Kier molecular flexibility index (Phi) is 6.12. The molecular weight excluding hydrogens is 455 g/mol. The molecule has 1 aliphatic heterocycles. The van der Waals surface area contributed by atoms with Crippen molar-refractivity contribution in [3.8, 4) is 0 Å². The molecule has 0 fully saturated rings. The molecular formula is C24H19ClF3N3O2. The Labute approximate surface area is 193 Å². The van der Waals surface area contributed by atoms with Crippen LogP contribution in [0.15, 0.2) is 54.7 Å². The maximum Gasteiger partial charge on any atom is 0.417 e. The van der Waals surface area contributed by atoms with Crippen LogP contribution in [0, 0.1) is 6.92 Å². The van der Waals surface area contributed by atoms with Crippen LogP contribution in [0.4, 0.5) is 24.5 Å². The van der Waals surface area contributed by atoms with Crippen LogP contribution in [0.3, 0.4) is 0 Å². The number of halogens is 4. The second kappa shape index (κ2) is 8.86. The lowest BCUT2D eigenvalue weighted by atomic mass is 9.96. The lowest BCUT2D eigenvalue weighted by Gasteiger charge is -2.31. The largest absolute Gasteiger partial charge is 0.417 e. The van der Waals surface area contributed by atoms with Gasteiger partial charge in [0.15, 0.2) is 5.78 Å². The maximum absolute atomic E-state index is 13.1. The van der Waals surface area contributed by atoms with E-state index in [0.717, 1.165) is 29.1 Å². The average molecular weight is 474 g/mol. The van der Waals surface area contributed by atoms with Crippen LogP contribution in [0.25, 0.3) is 0 Å². The minimum atomic E-state index is -4.62. The average Bonchev–Trinajstić information content (AvgIpc) is 2.74. The monoisotopic (exact) mass is 473 g/mol. The second-order valence-corrected chi connectivity index (χ2v) is 8.17. The predicted octanol–water partition coefficient (Wildman–Crippen LogP) is 5.45. The first kappa shape index (κ1) is 22.8. The number of Topliss-reactive ketones (excluding diaryl/α,β-unsaturated/α-hetero) is 1. The number of anilines is 2. The van der Waals surface area contributed by atoms with Gasteiger partial charge in [-0.1, -0.05) is 29.8 Å². The van der Waals surface area contributed by atoms with Gasteiger partial charge in [-0.15, -0.1) is 0 Å². The van der Waals surface area contributed by atoms with Crippen LogP contribution in [-0.4, -0.2) is 23.2 Å². The van der Waals surface area contributed by atoms with Gasteiger partial charge in [0.1, 0.15) is 0 Å². The number of benzene rings is 2. The fourth-order valence-electron chi connectivity index (χ4n) is 3.94. The highest BCUT2D eigenvalue weighted by atomic mass is 35.5. The molecule has 1 amide bonds. The van der Waals surface area contributed by atoms with Gasteiger partial charge in [-0.25, -0.2) is 0 Å². The summed E-state index contributed by atoms with van der Waals surface area (Å²) >= 11 is 5.64. The molecule has 1 aromatic heterocycles. The first-order valence-electron chi connectivity index (χ1n) is 10.1. The molecule has 0 atom stereocenters. The summed E-state index contributed by atoms with van der Waals surface area (Å²) in [5.41, 5.74) is 2.34. The number of hydrogen-bond donors (Lipinski definition) is 1. The van der Waals surface area contributed by atoms with E-state index in [9.17, 15) is 22.8 Å². The third-order valence-electron chi connectivity index (χ3n) is 5.42. The summed E-state index contributed by atoms with van der Waals surface area (Å²) < 4.78 is 39.3. The maximum atomic E-state index is 13.1. The number of nitrogens with zero attached hydrogens (tertiary/aromatic N) is 2. The van der Waals surface area contributed by atoms with Crippen molar-refractivity contribution in [3.05, 3.63) is 87.7 Å². The van der Waals surface area contributed by atoms with Gasteiger partial charge in [0.05, 0.1) is 40.6 Å². The van der Waals surface area contributed by atoms with Crippen molar-refractivity contribution in [1.29, 1.82) is 0 Å². The minimum absolute atomic E-state index is 0.124. The standard InChI is InChI=1S/C24H19ClF3N3O2/c1-14-20(6-3-9-29-14)31-12-16-4-2-5-19(23(16)21(32)13-31)30-22(33)11-15-7-8-18(25)17(10-15)24(26,27)28/h2-10H,11-13H2,1H3,(H,30,33). The predicted molar refractivity (Wildman–Crippen MR) is 120 cm³/mol. The third-order valence-corrected chi connectivity index (χ3v) is 5.75. The highest BCUT2D eigenvalue weighted by molar-refractivity contribution is 6.31. The van der Waals surface area contributed by atoms with Gasteiger partial charge in [0.2, 0.25) is 5.91 Å². The Morgan fingerprint density at radius 2 is 1.94 bits per heavy atom. The molecule has 170 valence electrons. The van der Waals surface area contributed by atoms with E-state index in [1.165, 1.54) is 6.07 Å². The number of nitrogens with one attached hydrogen (secondary N) is 1. The number of aromatic nitrogens is 1. The highest BCUT2D eigenvalue weighted by Gasteiger charge is 2.33. The lowest BCUT2D eigenvalue weighted by Crippen LogP contribution is -2.36. The first-order chi connectivity index (χ1) is 15.6. The Balaban J connectivity index is 1.54. The van der Waals surface area contributed by atoms with E-state index in [2.05, 4.69) is 10.3 Å². The van der Waals surface area contributed by atoms with Crippen LogP contribution >= 0.6 is 11.6 Å². The van der Waals surface area contributed by atoms with E-state index in [0.29, 0.717) is 17.8 Å². The molecule has 0 radical (unpaired) electrons. The highest BCUT2D eigenvalue weighted by Crippen LogP contribution is 2.35. The summed E-state index contributed by atoms with van der Waals surface area (Å²) in [6.45, 7) is 2.45. The van der Waals surface area contributed by atoms with Crippen molar-refractivity contribution >= 4 is 34.7 Å². The quantitative estimate of drug-likeness (QED) is 0.547. The molecule has 33 heavy (non-hydrogen) atoms. The van der Waals surface area contributed by atoms with Crippen molar-refractivity contribution in [2.45, 2.75) is 26.1 Å².